The van der Waals surface area contributed by atoms with Gasteiger partial charge in [-0.15, -0.1) is 0 Å². The molecular weight excluding hydrogens is 182 g/mol. The number of hydrogen-bond donors (Lipinski definition) is 0. The first-order chi connectivity index (χ1) is 7.40. The van der Waals surface area contributed by atoms with Crippen molar-refractivity contribution in [1.29, 1.82) is 0 Å². The smallest absolute Gasteiger partial charge is 0.0705 e. The summed E-state index contributed by atoms with van der Waals surface area (Å²) in [5.74, 6) is 0. The highest BCUT2D eigenvalue weighted by Gasteiger charge is 1.95. The highest BCUT2D eigenvalue weighted by Crippen LogP contribution is 2.12. The van der Waals surface area contributed by atoms with Crippen LogP contribution in [0.25, 0.3) is 10.9 Å². The fraction of sp³-hybridized carbons (Fsp3) is 0.357. The average molecular weight is 201 g/mol. The summed E-state index contributed by atoms with van der Waals surface area (Å²) < 4.78 is 0. The van der Waals surface area contributed by atoms with E-state index in [1.54, 1.807) is 0 Å². The summed E-state index contributed by atoms with van der Waals surface area (Å²) in [7, 11) is 0. The van der Waals surface area contributed by atoms with Crippen molar-refractivity contribution in [1.82, 2.24) is 4.98 Å². The second kappa shape index (κ2) is 6.18. The van der Waals surface area contributed by atoms with Crippen molar-refractivity contribution in [3.05, 3.63) is 42.1 Å². The van der Waals surface area contributed by atoms with Gasteiger partial charge in [0.1, 0.15) is 0 Å². The molecule has 1 aromatic heterocycles. The Morgan fingerprint density at radius 2 is 1.73 bits per heavy atom. The zero-order chi connectivity index (χ0) is 11.1. The second-order valence-corrected chi connectivity index (χ2v) is 3.25. The van der Waals surface area contributed by atoms with Gasteiger partial charge in [-0.3, -0.25) is 4.98 Å². The molecule has 0 saturated heterocycles. The van der Waals surface area contributed by atoms with Crippen LogP contribution >= 0.6 is 0 Å². The van der Waals surface area contributed by atoms with Crippen LogP contribution in [0.4, 0.5) is 0 Å². The monoisotopic (exact) mass is 201 g/mol. The number of para-hydroxylation sites is 1. The van der Waals surface area contributed by atoms with Crippen molar-refractivity contribution >= 4 is 10.9 Å². The van der Waals surface area contributed by atoms with Crippen molar-refractivity contribution in [2.45, 2.75) is 33.6 Å². The molecule has 0 saturated carbocycles. The number of benzene rings is 1. The molecule has 1 heterocycles. The molecule has 0 spiro atoms. The zero-order valence-corrected chi connectivity index (χ0v) is 9.83. The molecule has 0 unspecified atom stereocenters. The van der Waals surface area contributed by atoms with Gasteiger partial charge in [0.2, 0.25) is 0 Å². The molecule has 0 amide bonds. The molecule has 1 heteroatoms. The molecule has 0 aliphatic rings. The summed E-state index contributed by atoms with van der Waals surface area (Å²) in [4.78, 5) is 4.56. The molecule has 80 valence electrons. The summed E-state index contributed by atoms with van der Waals surface area (Å²) in [6.07, 6.45) is 2.23. The molecule has 2 rings (SSSR count). The first-order valence-corrected chi connectivity index (χ1v) is 5.75. The molecule has 1 nitrogen and oxygen atoms in total. The van der Waals surface area contributed by atoms with Crippen LogP contribution in [0.15, 0.2) is 36.4 Å². The lowest BCUT2D eigenvalue weighted by atomic mass is 10.1. The van der Waals surface area contributed by atoms with E-state index >= 15 is 0 Å². The minimum Gasteiger partial charge on any atom is -0.253 e. The van der Waals surface area contributed by atoms with Crippen LogP contribution in [0, 0.1) is 0 Å². The molecule has 1 aromatic carbocycles. The number of nitrogens with zero attached hydrogens (tertiary/aromatic N) is 1. The van der Waals surface area contributed by atoms with E-state index in [1.807, 2.05) is 26.0 Å². The highest BCUT2D eigenvalue weighted by atomic mass is 14.7. The predicted octanol–water partition coefficient (Wildman–Crippen LogP) is 4.21. The normalized spacial score (nSPS) is 9.53. The van der Waals surface area contributed by atoms with Crippen LogP contribution < -0.4 is 0 Å². The summed E-state index contributed by atoms with van der Waals surface area (Å²) >= 11 is 0. The van der Waals surface area contributed by atoms with Crippen molar-refractivity contribution < 1.29 is 0 Å². The molecular formula is C14H19N. The van der Waals surface area contributed by atoms with Crippen molar-refractivity contribution in [2.75, 3.05) is 0 Å². The van der Waals surface area contributed by atoms with Gasteiger partial charge in [0, 0.05) is 11.1 Å². The van der Waals surface area contributed by atoms with Gasteiger partial charge in [-0.25, -0.2) is 0 Å². The summed E-state index contributed by atoms with van der Waals surface area (Å²) in [6, 6.07) is 12.5. The third kappa shape index (κ3) is 3.05. The van der Waals surface area contributed by atoms with E-state index in [9.17, 15) is 0 Å². The largest absolute Gasteiger partial charge is 0.253 e. The second-order valence-electron chi connectivity index (χ2n) is 3.25. The Kier molecular flexibility index (Phi) is 4.82. The summed E-state index contributed by atoms with van der Waals surface area (Å²) in [5.41, 5.74) is 2.30. The fourth-order valence-electron chi connectivity index (χ4n) is 1.50. The van der Waals surface area contributed by atoms with Crippen LogP contribution in [0.2, 0.25) is 0 Å². The molecule has 0 fully saturated rings. The molecule has 0 atom stereocenters. The minimum absolute atomic E-state index is 1.07. The Balaban J connectivity index is 0.000000531. The summed E-state index contributed by atoms with van der Waals surface area (Å²) in [5, 5.41) is 1.22. The van der Waals surface area contributed by atoms with Gasteiger partial charge in [-0.1, -0.05) is 51.5 Å². The number of rotatable bonds is 2. The van der Waals surface area contributed by atoms with Gasteiger partial charge >= 0.3 is 0 Å². The maximum atomic E-state index is 4.56. The van der Waals surface area contributed by atoms with Gasteiger partial charge < -0.3 is 0 Å². The molecule has 0 radical (unpaired) electrons. The molecule has 2 aromatic rings. The maximum absolute atomic E-state index is 4.56. The zero-order valence-electron chi connectivity index (χ0n) is 9.83. The van der Waals surface area contributed by atoms with E-state index in [-0.39, 0.29) is 0 Å². The van der Waals surface area contributed by atoms with Crippen LogP contribution in [0.3, 0.4) is 0 Å². The predicted molar refractivity (Wildman–Crippen MR) is 67.1 cm³/mol. The van der Waals surface area contributed by atoms with Crippen LogP contribution in [0.1, 0.15) is 32.9 Å². The molecule has 0 aliphatic heterocycles. The molecule has 0 N–H and O–H groups in total. The number of aryl methyl sites for hydroxylation is 1. The quantitative estimate of drug-likeness (QED) is 0.709. The number of aromatic nitrogens is 1. The van der Waals surface area contributed by atoms with Crippen molar-refractivity contribution in [3.63, 3.8) is 0 Å². The van der Waals surface area contributed by atoms with E-state index in [0.717, 1.165) is 18.4 Å². The summed E-state index contributed by atoms with van der Waals surface area (Å²) in [6.45, 7) is 6.18. The maximum Gasteiger partial charge on any atom is 0.0705 e. The number of fused-ring (bicyclic) bond motifs is 1. The number of hydrogen-bond acceptors (Lipinski definition) is 1. The van der Waals surface area contributed by atoms with Crippen LogP contribution in [-0.4, -0.2) is 4.98 Å². The Labute approximate surface area is 92.2 Å². The lowest BCUT2D eigenvalue weighted by Gasteiger charge is -2.00. The molecule has 0 bridgehead atoms. The van der Waals surface area contributed by atoms with Gasteiger partial charge in [0.05, 0.1) is 5.52 Å². The van der Waals surface area contributed by atoms with Crippen molar-refractivity contribution in [2.24, 2.45) is 0 Å². The minimum atomic E-state index is 1.07. The standard InChI is InChI=1S/C12H13N.C2H6/c1-2-5-11-9-8-10-6-3-4-7-12(10)13-11;1-2/h3-4,6-9H,2,5H2,1H3;1-2H3. The Morgan fingerprint density at radius 1 is 1.00 bits per heavy atom. The van der Waals surface area contributed by atoms with Gasteiger partial charge in [-0.05, 0) is 18.6 Å². The van der Waals surface area contributed by atoms with Gasteiger partial charge in [0.15, 0.2) is 0 Å². The van der Waals surface area contributed by atoms with Crippen LogP contribution in [0.5, 0.6) is 0 Å². The SMILES string of the molecule is CC.CCCc1ccc2ccccc2n1. The van der Waals surface area contributed by atoms with E-state index in [1.165, 1.54) is 11.1 Å². The Hall–Kier alpha value is -1.37. The van der Waals surface area contributed by atoms with E-state index in [4.69, 9.17) is 0 Å². The van der Waals surface area contributed by atoms with E-state index in [0.29, 0.717) is 0 Å². The third-order valence-corrected chi connectivity index (χ3v) is 2.16. The first-order valence-electron chi connectivity index (χ1n) is 5.75. The van der Waals surface area contributed by atoms with Crippen LogP contribution in [-0.2, 0) is 6.42 Å². The van der Waals surface area contributed by atoms with Crippen molar-refractivity contribution in [3.8, 4) is 0 Å². The Bertz CT molecular complexity index is 407. The van der Waals surface area contributed by atoms with E-state index < -0.39 is 0 Å². The van der Waals surface area contributed by atoms with Gasteiger partial charge in [-0.2, -0.15) is 0 Å². The average Bonchev–Trinajstić information content (AvgIpc) is 2.32. The molecule has 0 aliphatic carbocycles. The Morgan fingerprint density at radius 3 is 2.47 bits per heavy atom. The van der Waals surface area contributed by atoms with Gasteiger partial charge in [0.25, 0.3) is 0 Å². The first kappa shape index (κ1) is 11.7. The third-order valence-electron chi connectivity index (χ3n) is 2.16. The highest BCUT2D eigenvalue weighted by molar-refractivity contribution is 5.78. The topological polar surface area (TPSA) is 12.9 Å². The van der Waals surface area contributed by atoms with E-state index in [2.05, 4.69) is 36.2 Å². The lowest BCUT2D eigenvalue weighted by molar-refractivity contribution is 0.890. The molecule has 15 heavy (non-hydrogen) atoms. The fourth-order valence-corrected chi connectivity index (χ4v) is 1.50. The lowest BCUT2D eigenvalue weighted by Crippen LogP contribution is -1.88. The number of pyridine rings is 1.